The van der Waals surface area contributed by atoms with Crippen LogP contribution in [0.3, 0.4) is 0 Å². The summed E-state index contributed by atoms with van der Waals surface area (Å²) < 4.78 is 13.1. The molecule has 0 saturated heterocycles. The van der Waals surface area contributed by atoms with Gasteiger partial charge in [0.2, 0.25) is 0 Å². The molecule has 2 aromatic rings. The molecule has 2 N–H and O–H groups in total. The van der Waals surface area contributed by atoms with Crippen molar-refractivity contribution in [2.75, 3.05) is 5.73 Å². The highest BCUT2D eigenvalue weighted by molar-refractivity contribution is 5.67. The van der Waals surface area contributed by atoms with Crippen LogP contribution in [-0.4, -0.2) is 9.97 Å². The summed E-state index contributed by atoms with van der Waals surface area (Å²) in [5.74, 6) is 0.142. The van der Waals surface area contributed by atoms with Crippen molar-refractivity contribution in [2.24, 2.45) is 0 Å². The van der Waals surface area contributed by atoms with E-state index in [0.717, 1.165) is 16.7 Å². The number of rotatable bonds is 1. The number of anilines is 1. The molecule has 1 aromatic carbocycles. The first-order valence-corrected chi connectivity index (χ1v) is 4.92. The van der Waals surface area contributed by atoms with Crippen LogP contribution in [0.4, 0.5) is 10.2 Å². The number of benzene rings is 1. The highest BCUT2D eigenvalue weighted by atomic mass is 19.1. The van der Waals surface area contributed by atoms with Crippen LogP contribution < -0.4 is 5.73 Å². The van der Waals surface area contributed by atoms with Gasteiger partial charge in [-0.2, -0.15) is 0 Å². The molecule has 0 bridgehead atoms. The first-order chi connectivity index (χ1) is 7.58. The summed E-state index contributed by atoms with van der Waals surface area (Å²) in [4.78, 5) is 8.17. The van der Waals surface area contributed by atoms with Crippen molar-refractivity contribution in [3.05, 3.63) is 41.5 Å². The van der Waals surface area contributed by atoms with Gasteiger partial charge in [-0.1, -0.05) is 0 Å². The third-order valence-electron chi connectivity index (χ3n) is 2.43. The van der Waals surface area contributed by atoms with Crippen molar-refractivity contribution in [1.29, 1.82) is 0 Å². The maximum Gasteiger partial charge on any atom is 0.141 e. The van der Waals surface area contributed by atoms with Crippen LogP contribution in [0.2, 0.25) is 0 Å². The lowest BCUT2D eigenvalue weighted by Crippen LogP contribution is -1.96. The number of hydrogen-bond acceptors (Lipinski definition) is 3. The Morgan fingerprint density at radius 3 is 2.19 bits per heavy atom. The fourth-order valence-electron chi connectivity index (χ4n) is 1.78. The molecule has 0 aliphatic rings. The molecule has 0 unspecified atom stereocenters. The third kappa shape index (κ3) is 1.86. The molecule has 1 heterocycles. The van der Waals surface area contributed by atoms with Gasteiger partial charge in [0.1, 0.15) is 11.6 Å². The molecule has 0 aliphatic carbocycles. The van der Waals surface area contributed by atoms with E-state index in [9.17, 15) is 4.39 Å². The number of hydrogen-bond donors (Lipinski definition) is 1. The maximum absolute atomic E-state index is 13.1. The van der Waals surface area contributed by atoms with E-state index in [-0.39, 0.29) is 5.82 Å². The summed E-state index contributed by atoms with van der Waals surface area (Å²) in [6.45, 7) is 3.70. The minimum absolute atomic E-state index is 0.234. The Morgan fingerprint density at radius 2 is 1.69 bits per heavy atom. The predicted molar refractivity (Wildman–Crippen MR) is 61.3 cm³/mol. The minimum atomic E-state index is -0.234. The standard InChI is InChI=1S/C12H12FN3/c1-7-3-9(13)4-8(2)12(7)10-5-16-11(14)6-15-10/h3-6H,1-2H3,(H2,14,16). The van der Waals surface area contributed by atoms with Gasteiger partial charge in [0.05, 0.1) is 18.1 Å². The fraction of sp³-hybridized carbons (Fsp3) is 0.167. The molecule has 0 spiro atoms. The zero-order valence-corrected chi connectivity index (χ0v) is 9.16. The molecule has 82 valence electrons. The Hall–Kier alpha value is -1.97. The molecule has 0 atom stereocenters. The van der Waals surface area contributed by atoms with Crippen molar-refractivity contribution in [2.45, 2.75) is 13.8 Å². The lowest BCUT2D eigenvalue weighted by molar-refractivity contribution is 0.625. The fourth-order valence-corrected chi connectivity index (χ4v) is 1.78. The number of nitrogens with two attached hydrogens (primary N) is 1. The number of aromatic nitrogens is 2. The molecular formula is C12H12FN3. The first-order valence-electron chi connectivity index (χ1n) is 4.92. The first kappa shape index (κ1) is 10.5. The molecular weight excluding hydrogens is 205 g/mol. The van der Waals surface area contributed by atoms with Crippen molar-refractivity contribution < 1.29 is 4.39 Å². The largest absolute Gasteiger partial charge is 0.382 e. The van der Waals surface area contributed by atoms with Gasteiger partial charge in [0.15, 0.2) is 0 Å². The zero-order chi connectivity index (χ0) is 11.7. The molecule has 16 heavy (non-hydrogen) atoms. The van der Waals surface area contributed by atoms with E-state index in [0.29, 0.717) is 11.5 Å². The van der Waals surface area contributed by atoms with Gasteiger partial charge in [-0.3, -0.25) is 4.98 Å². The van der Waals surface area contributed by atoms with Crippen LogP contribution in [0.25, 0.3) is 11.3 Å². The smallest absolute Gasteiger partial charge is 0.141 e. The average Bonchev–Trinajstić information content (AvgIpc) is 2.19. The average molecular weight is 217 g/mol. The van der Waals surface area contributed by atoms with E-state index in [1.165, 1.54) is 18.3 Å². The number of nitrogens with zero attached hydrogens (tertiary/aromatic N) is 2. The third-order valence-corrected chi connectivity index (χ3v) is 2.43. The Labute approximate surface area is 93.2 Å². The monoisotopic (exact) mass is 217 g/mol. The Kier molecular flexibility index (Phi) is 2.56. The second-order valence-corrected chi connectivity index (χ2v) is 3.74. The predicted octanol–water partition coefficient (Wildman–Crippen LogP) is 2.48. The van der Waals surface area contributed by atoms with Crippen molar-refractivity contribution >= 4 is 5.82 Å². The van der Waals surface area contributed by atoms with E-state index >= 15 is 0 Å². The van der Waals surface area contributed by atoms with Crippen molar-refractivity contribution in [3.8, 4) is 11.3 Å². The minimum Gasteiger partial charge on any atom is -0.382 e. The van der Waals surface area contributed by atoms with E-state index in [2.05, 4.69) is 9.97 Å². The molecule has 0 saturated carbocycles. The molecule has 4 heteroatoms. The molecule has 0 aliphatic heterocycles. The van der Waals surface area contributed by atoms with Gasteiger partial charge < -0.3 is 5.73 Å². The summed E-state index contributed by atoms with van der Waals surface area (Å²) >= 11 is 0. The van der Waals surface area contributed by atoms with E-state index < -0.39 is 0 Å². The topological polar surface area (TPSA) is 51.8 Å². The summed E-state index contributed by atoms with van der Waals surface area (Å²) in [5, 5.41) is 0. The summed E-state index contributed by atoms with van der Waals surface area (Å²) in [6, 6.07) is 2.97. The molecule has 0 radical (unpaired) electrons. The van der Waals surface area contributed by atoms with Gasteiger partial charge in [0.25, 0.3) is 0 Å². The lowest BCUT2D eigenvalue weighted by atomic mass is 10.00. The molecule has 0 amide bonds. The maximum atomic E-state index is 13.1. The Morgan fingerprint density at radius 1 is 1.06 bits per heavy atom. The van der Waals surface area contributed by atoms with E-state index in [1.807, 2.05) is 13.8 Å². The van der Waals surface area contributed by atoms with Crippen molar-refractivity contribution in [1.82, 2.24) is 9.97 Å². The van der Waals surface area contributed by atoms with Gasteiger partial charge in [-0.15, -0.1) is 0 Å². The molecule has 0 fully saturated rings. The van der Waals surface area contributed by atoms with Gasteiger partial charge >= 0.3 is 0 Å². The van der Waals surface area contributed by atoms with Gasteiger partial charge in [-0.05, 0) is 37.1 Å². The van der Waals surface area contributed by atoms with Crippen molar-refractivity contribution in [3.63, 3.8) is 0 Å². The van der Waals surface area contributed by atoms with Crippen LogP contribution in [0.1, 0.15) is 11.1 Å². The normalized spacial score (nSPS) is 10.4. The van der Waals surface area contributed by atoms with E-state index in [4.69, 9.17) is 5.73 Å². The number of halogens is 1. The molecule has 1 aromatic heterocycles. The van der Waals surface area contributed by atoms with Crippen LogP contribution in [0.15, 0.2) is 24.5 Å². The SMILES string of the molecule is Cc1cc(F)cc(C)c1-c1cnc(N)cn1. The summed E-state index contributed by atoms with van der Waals surface area (Å²) in [7, 11) is 0. The molecule has 2 rings (SSSR count). The highest BCUT2D eigenvalue weighted by Gasteiger charge is 2.09. The quantitative estimate of drug-likeness (QED) is 0.798. The molecule has 3 nitrogen and oxygen atoms in total. The zero-order valence-electron chi connectivity index (χ0n) is 9.16. The van der Waals surface area contributed by atoms with Crippen LogP contribution in [0.5, 0.6) is 0 Å². The summed E-state index contributed by atoms with van der Waals surface area (Å²) in [6.07, 6.45) is 3.10. The highest BCUT2D eigenvalue weighted by Crippen LogP contribution is 2.25. The van der Waals surface area contributed by atoms with E-state index in [1.54, 1.807) is 6.20 Å². The van der Waals surface area contributed by atoms with Crippen LogP contribution >= 0.6 is 0 Å². The second kappa shape index (κ2) is 3.89. The number of nitrogen functional groups attached to an aromatic ring is 1. The second-order valence-electron chi connectivity index (χ2n) is 3.74. The Balaban J connectivity index is 2.60. The number of aryl methyl sites for hydroxylation is 2. The van der Waals surface area contributed by atoms with Gasteiger partial charge in [-0.25, -0.2) is 9.37 Å². The van der Waals surface area contributed by atoms with Gasteiger partial charge in [0, 0.05) is 5.56 Å². The van der Waals surface area contributed by atoms with Crippen LogP contribution in [0, 0.1) is 19.7 Å². The lowest BCUT2D eigenvalue weighted by Gasteiger charge is -2.09. The Bertz CT molecular complexity index is 497. The van der Waals surface area contributed by atoms with Crippen LogP contribution in [-0.2, 0) is 0 Å². The summed E-state index contributed by atoms with van der Waals surface area (Å²) in [5.41, 5.74) is 8.78.